The summed E-state index contributed by atoms with van der Waals surface area (Å²) < 4.78 is 5.61. The van der Waals surface area contributed by atoms with Crippen molar-refractivity contribution < 1.29 is 14.6 Å². The largest absolute Gasteiger partial charge is 0.481 e. The monoisotopic (exact) mass is 201 g/mol. The van der Waals surface area contributed by atoms with E-state index in [1.54, 1.807) is 0 Å². The van der Waals surface area contributed by atoms with Gasteiger partial charge in [-0.25, -0.2) is 0 Å². The number of likely N-dealkylation sites (N-methyl/N-ethyl adjacent to an activating group) is 1. The van der Waals surface area contributed by atoms with Crippen LogP contribution in [0.3, 0.4) is 0 Å². The molecule has 1 aliphatic heterocycles. The van der Waals surface area contributed by atoms with Crippen molar-refractivity contribution in [2.45, 2.75) is 32.3 Å². The molecule has 1 fully saturated rings. The smallest absolute Gasteiger partial charge is 0.306 e. The van der Waals surface area contributed by atoms with Crippen molar-refractivity contribution in [3.8, 4) is 0 Å². The molecule has 4 heteroatoms. The highest BCUT2D eigenvalue weighted by Crippen LogP contribution is 2.28. The van der Waals surface area contributed by atoms with Gasteiger partial charge in [0.2, 0.25) is 0 Å². The number of hydrogen-bond donors (Lipinski definition) is 1. The topological polar surface area (TPSA) is 49.8 Å². The Morgan fingerprint density at radius 1 is 1.57 bits per heavy atom. The average Bonchev–Trinajstić information content (AvgIpc) is 2.48. The van der Waals surface area contributed by atoms with E-state index in [0.717, 1.165) is 26.1 Å². The fourth-order valence-electron chi connectivity index (χ4n) is 2.09. The van der Waals surface area contributed by atoms with E-state index in [0.29, 0.717) is 6.61 Å². The molecule has 0 aromatic carbocycles. The zero-order valence-electron chi connectivity index (χ0n) is 8.95. The zero-order valence-corrected chi connectivity index (χ0v) is 8.95. The maximum Gasteiger partial charge on any atom is 0.306 e. The number of carbonyl (C=O) groups is 1. The molecule has 1 aliphatic rings. The van der Waals surface area contributed by atoms with Crippen LogP contribution < -0.4 is 0 Å². The minimum atomic E-state index is -0.767. The summed E-state index contributed by atoms with van der Waals surface area (Å²) in [5.74, 6) is -0.767. The van der Waals surface area contributed by atoms with E-state index in [4.69, 9.17) is 9.84 Å². The number of hydrogen-bond acceptors (Lipinski definition) is 3. The Bertz CT molecular complexity index is 208. The lowest BCUT2D eigenvalue weighted by molar-refractivity contribution is -0.144. The molecule has 0 spiro atoms. The minimum Gasteiger partial charge on any atom is -0.481 e. The summed E-state index contributed by atoms with van der Waals surface area (Å²) in [6, 6.07) is 0. The summed E-state index contributed by atoms with van der Waals surface area (Å²) in [5, 5.41) is 8.83. The first-order valence-corrected chi connectivity index (χ1v) is 5.20. The third-order valence-electron chi connectivity index (χ3n) is 2.77. The Labute approximate surface area is 84.8 Å². The minimum absolute atomic E-state index is 0.122. The second-order valence-electron chi connectivity index (χ2n) is 3.81. The number of aliphatic carboxylic acids is 1. The lowest BCUT2D eigenvalue weighted by Gasteiger charge is -2.27. The molecule has 1 rings (SSSR count). The van der Waals surface area contributed by atoms with E-state index in [-0.39, 0.29) is 6.42 Å². The zero-order chi connectivity index (χ0) is 10.6. The van der Waals surface area contributed by atoms with Crippen LogP contribution in [0.15, 0.2) is 0 Å². The summed E-state index contributed by atoms with van der Waals surface area (Å²) in [5.41, 5.74) is -0.434. The summed E-state index contributed by atoms with van der Waals surface area (Å²) in [4.78, 5) is 13.0. The first kappa shape index (κ1) is 11.5. The molecule has 0 radical (unpaired) electrons. The van der Waals surface area contributed by atoms with Crippen LogP contribution in [0.25, 0.3) is 0 Å². The fourth-order valence-corrected chi connectivity index (χ4v) is 2.09. The molecule has 0 aromatic rings. The second kappa shape index (κ2) is 4.75. The molecule has 4 nitrogen and oxygen atoms in total. The fraction of sp³-hybridized carbons (Fsp3) is 0.900. The molecule has 1 N–H and O–H groups in total. The van der Waals surface area contributed by atoms with Crippen LogP contribution in [0, 0.1) is 0 Å². The third-order valence-corrected chi connectivity index (χ3v) is 2.77. The van der Waals surface area contributed by atoms with E-state index in [9.17, 15) is 4.79 Å². The van der Waals surface area contributed by atoms with Gasteiger partial charge in [0.25, 0.3) is 0 Å². The van der Waals surface area contributed by atoms with Gasteiger partial charge in [-0.3, -0.25) is 4.79 Å². The van der Waals surface area contributed by atoms with Crippen molar-refractivity contribution in [1.29, 1.82) is 0 Å². The van der Waals surface area contributed by atoms with Gasteiger partial charge in [0.1, 0.15) is 0 Å². The van der Waals surface area contributed by atoms with Gasteiger partial charge in [-0.1, -0.05) is 6.92 Å². The van der Waals surface area contributed by atoms with E-state index in [2.05, 4.69) is 11.8 Å². The third kappa shape index (κ3) is 2.69. The van der Waals surface area contributed by atoms with Gasteiger partial charge in [0.05, 0.1) is 12.0 Å². The standard InChI is InChI=1S/C10H19NO3/c1-3-11-6-5-10(8-11,14-4-2)7-9(12)13/h3-8H2,1-2H3,(H,12,13). The Morgan fingerprint density at radius 2 is 2.29 bits per heavy atom. The SMILES string of the molecule is CCOC1(CC(=O)O)CCN(CC)C1. The van der Waals surface area contributed by atoms with Gasteiger partial charge >= 0.3 is 5.97 Å². The molecule has 1 saturated heterocycles. The van der Waals surface area contributed by atoms with Crippen LogP contribution >= 0.6 is 0 Å². The van der Waals surface area contributed by atoms with Crippen molar-refractivity contribution >= 4 is 5.97 Å². The molecule has 0 aromatic heterocycles. The molecule has 0 amide bonds. The first-order valence-electron chi connectivity index (χ1n) is 5.20. The van der Waals surface area contributed by atoms with Crippen molar-refractivity contribution in [2.75, 3.05) is 26.2 Å². The Balaban J connectivity index is 2.59. The average molecular weight is 201 g/mol. The summed E-state index contributed by atoms with van der Waals surface area (Å²) >= 11 is 0. The number of carboxylic acid groups (broad SMARTS) is 1. The molecule has 1 heterocycles. The first-order chi connectivity index (χ1) is 6.62. The number of nitrogens with zero attached hydrogens (tertiary/aromatic N) is 1. The second-order valence-corrected chi connectivity index (χ2v) is 3.81. The van der Waals surface area contributed by atoms with Crippen LogP contribution in [-0.2, 0) is 9.53 Å². The van der Waals surface area contributed by atoms with E-state index in [1.165, 1.54) is 0 Å². The maximum absolute atomic E-state index is 10.7. The van der Waals surface area contributed by atoms with Gasteiger partial charge in [-0.15, -0.1) is 0 Å². The molecule has 0 bridgehead atoms. The molecule has 14 heavy (non-hydrogen) atoms. The van der Waals surface area contributed by atoms with Crippen molar-refractivity contribution in [3.63, 3.8) is 0 Å². The summed E-state index contributed by atoms with van der Waals surface area (Å²) in [7, 11) is 0. The van der Waals surface area contributed by atoms with Crippen molar-refractivity contribution in [1.82, 2.24) is 4.90 Å². The van der Waals surface area contributed by atoms with Gasteiger partial charge in [0.15, 0.2) is 0 Å². The number of ether oxygens (including phenoxy) is 1. The number of rotatable bonds is 5. The van der Waals surface area contributed by atoms with Crippen LogP contribution in [0.2, 0.25) is 0 Å². The van der Waals surface area contributed by atoms with Gasteiger partial charge in [-0.05, 0) is 19.9 Å². The van der Waals surface area contributed by atoms with E-state index >= 15 is 0 Å². The predicted octanol–water partition coefficient (Wildman–Crippen LogP) is 0.962. The molecule has 82 valence electrons. The highest BCUT2D eigenvalue weighted by atomic mass is 16.5. The summed E-state index contributed by atoms with van der Waals surface area (Å²) in [6.45, 7) is 7.26. The van der Waals surface area contributed by atoms with Crippen molar-refractivity contribution in [3.05, 3.63) is 0 Å². The predicted molar refractivity (Wildman–Crippen MR) is 53.3 cm³/mol. The molecule has 0 saturated carbocycles. The molecule has 1 atom stereocenters. The van der Waals surface area contributed by atoms with E-state index < -0.39 is 11.6 Å². The van der Waals surface area contributed by atoms with Gasteiger partial charge in [-0.2, -0.15) is 0 Å². The van der Waals surface area contributed by atoms with Gasteiger partial charge < -0.3 is 14.7 Å². The Morgan fingerprint density at radius 3 is 2.71 bits per heavy atom. The quantitative estimate of drug-likeness (QED) is 0.720. The van der Waals surface area contributed by atoms with Gasteiger partial charge in [0, 0.05) is 19.7 Å². The molecule has 1 unspecified atom stereocenters. The van der Waals surface area contributed by atoms with Crippen LogP contribution in [0.1, 0.15) is 26.7 Å². The number of carboxylic acids is 1. The highest BCUT2D eigenvalue weighted by Gasteiger charge is 2.40. The molecular formula is C10H19NO3. The Kier molecular flexibility index (Phi) is 3.89. The van der Waals surface area contributed by atoms with Crippen LogP contribution in [-0.4, -0.2) is 47.8 Å². The molecule has 0 aliphatic carbocycles. The number of likely N-dealkylation sites (tertiary alicyclic amines) is 1. The van der Waals surface area contributed by atoms with Crippen LogP contribution in [0.4, 0.5) is 0 Å². The van der Waals surface area contributed by atoms with E-state index in [1.807, 2.05) is 6.92 Å². The molecular weight excluding hydrogens is 182 g/mol. The normalized spacial score (nSPS) is 28.1. The highest BCUT2D eigenvalue weighted by molar-refractivity contribution is 5.68. The lowest BCUT2D eigenvalue weighted by atomic mass is 9.98. The maximum atomic E-state index is 10.7. The Hall–Kier alpha value is -0.610. The summed E-state index contributed by atoms with van der Waals surface area (Å²) in [6.07, 6.45) is 0.957. The van der Waals surface area contributed by atoms with Crippen LogP contribution in [0.5, 0.6) is 0 Å². The lowest BCUT2D eigenvalue weighted by Crippen LogP contribution is -2.38. The van der Waals surface area contributed by atoms with Crippen molar-refractivity contribution in [2.24, 2.45) is 0 Å².